The molecular formula is C27H36O7. The molecule has 7 nitrogen and oxygen atoms in total. The minimum Gasteiger partial charge on any atom is -0.472 e. The number of ketones is 1. The van der Waals surface area contributed by atoms with E-state index in [1.54, 1.807) is 12.5 Å². The van der Waals surface area contributed by atoms with Gasteiger partial charge in [-0.1, -0.05) is 27.7 Å². The Morgan fingerprint density at radius 1 is 1.24 bits per heavy atom. The van der Waals surface area contributed by atoms with Gasteiger partial charge in [0.2, 0.25) is 0 Å². The Morgan fingerprint density at radius 3 is 2.62 bits per heavy atom. The molecule has 0 radical (unpaired) electrons. The molecule has 1 aromatic heterocycles. The summed E-state index contributed by atoms with van der Waals surface area (Å²) in [6.07, 6.45) is 4.27. The van der Waals surface area contributed by atoms with E-state index in [2.05, 4.69) is 20.8 Å². The second-order valence-electron chi connectivity index (χ2n) is 12.6. The van der Waals surface area contributed by atoms with Gasteiger partial charge in [0, 0.05) is 35.0 Å². The van der Waals surface area contributed by atoms with Crippen LogP contribution in [0.25, 0.3) is 0 Å². The zero-order valence-corrected chi connectivity index (χ0v) is 20.9. The zero-order chi connectivity index (χ0) is 24.5. The number of aliphatic hydroxyl groups excluding tert-OH is 1. The molecule has 2 saturated heterocycles. The summed E-state index contributed by atoms with van der Waals surface area (Å²) in [4.78, 5) is 25.8. The Labute approximate surface area is 200 Å². The van der Waals surface area contributed by atoms with Crippen LogP contribution in [0.4, 0.5) is 0 Å². The first-order chi connectivity index (χ1) is 15.9. The lowest BCUT2D eigenvalue weighted by atomic mass is 9.45. The van der Waals surface area contributed by atoms with E-state index in [1.807, 2.05) is 19.9 Å². The highest BCUT2D eigenvalue weighted by Crippen LogP contribution is 2.81. The summed E-state index contributed by atoms with van der Waals surface area (Å²) < 4.78 is 24.0. The van der Waals surface area contributed by atoms with Crippen molar-refractivity contribution in [3.05, 3.63) is 24.2 Å². The van der Waals surface area contributed by atoms with Gasteiger partial charge in [-0.25, -0.2) is 0 Å². The monoisotopic (exact) mass is 472 g/mol. The van der Waals surface area contributed by atoms with Crippen molar-refractivity contribution in [2.24, 2.45) is 28.1 Å². The number of aliphatic hydroxyl groups is 1. The number of hydrogen-bond acceptors (Lipinski definition) is 7. The van der Waals surface area contributed by atoms with Crippen LogP contribution in [0.2, 0.25) is 0 Å². The standard InChI is InChI=1S/C27H36O7/c1-23(2)17(10-21(30)31-6)25(4)20(11-18(23)28)33-16-12-24(3)15(14-7-8-32-13-14)9-19(29)27(24)26(5,34-27)22(16)25/h7-8,13,15-17,19-20,22,29H,9-12H2,1-6H3/t15-,16+,17-,19-,20-,22-,24-,25+,26+,27-/m0/s1. The number of methoxy groups -OCH3 is 1. The van der Waals surface area contributed by atoms with Gasteiger partial charge in [0.15, 0.2) is 0 Å². The first-order valence-electron chi connectivity index (χ1n) is 12.5. The van der Waals surface area contributed by atoms with Crippen molar-refractivity contribution in [1.82, 2.24) is 0 Å². The normalized spacial score (nSPS) is 52.4. The van der Waals surface area contributed by atoms with Gasteiger partial charge in [0.05, 0.1) is 37.9 Å². The van der Waals surface area contributed by atoms with Crippen molar-refractivity contribution in [3.8, 4) is 0 Å². The molecule has 1 N–H and O–H groups in total. The summed E-state index contributed by atoms with van der Waals surface area (Å²) in [6.45, 7) is 10.4. The van der Waals surface area contributed by atoms with Crippen molar-refractivity contribution in [2.75, 3.05) is 7.11 Å². The van der Waals surface area contributed by atoms with E-state index in [0.29, 0.717) is 12.8 Å². The molecule has 0 aromatic carbocycles. The second-order valence-corrected chi connectivity index (χ2v) is 12.6. The molecule has 0 unspecified atom stereocenters. The van der Waals surface area contributed by atoms with Crippen molar-refractivity contribution < 1.29 is 33.3 Å². The van der Waals surface area contributed by atoms with Crippen LogP contribution in [0, 0.1) is 28.1 Å². The number of fused-ring (bicyclic) bond motifs is 4. The maximum absolute atomic E-state index is 13.3. The fourth-order valence-corrected chi connectivity index (χ4v) is 9.65. The summed E-state index contributed by atoms with van der Waals surface area (Å²) in [5.74, 6) is -0.389. The average molecular weight is 473 g/mol. The lowest BCUT2D eigenvalue weighted by Crippen LogP contribution is -2.62. The summed E-state index contributed by atoms with van der Waals surface area (Å²) in [7, 11) is 1.39. The SMILES string of the molecule is COC(=O)C[C@H]1C(C)(C)C(=O)C[C@@H]2O[C@@H]3C[C@@]4(C)[C@H](c5ccoc5)C[C@H](O)[C@]45O[C@]5(C)[C@@H]3[C@@]21C. The fourth-order valence-electron chi connectivity index (χ4n) is 9.65. The minimum absolute atomic E-state index is 0.0437. The molecule has 0 amide bonds. The van der Waals surface area contributed by atoms with E-state index >= 15 is 0 Å². The van der Waals surface area contributed by atoms with Crippen LogP contribution >= 0.6 is 0 Å². The summed E-state index contributed by atoms with van der Waals surface area (Å²) in [5, 5.41) is 11.5. The van der Waals surface area contributed by atoms with Crippen molar-refractivity contribution in [3.63, 3.8) is 0 Å². The first kappa shape index (κ1) is 22.7. The van der Waals surface area contributed by atoms with Crippen molar-refractivity contribution in [2.45, 2.75) is 95.7 Å². The molecule has 5 aliphatic rings. The Balaban J connectivity index is 1.46. The van der Waals surface area contributed by atoms with E-state index in [-0.39, 0.29) is 53.6 Å². The highest BCUT2D eigenvalue weighted by molar-refractivity contribution is 5.87. The van der Waals surface area contributed by atoms with Crippen LogP contribution in [-0.2, 0) is 23.8 Å². The van der Waals surface area contributed by atoms with Crippen LogP contribution < -0.4 is 0 Å². The zero-order valence-electron chi connectivity index (χ0n) is 20.9. The van der Waals surface area contributed by atoms with Gasteiger partial charge in [-0.2, -0.15) is 0 Å². The van der Waals surface area contributed by atoms with E-state index < -0.39 is 28.1 Å². The smallest absolute Gasteiger partial charge is 0.305 e. The number of epoxide rings is 1. The third-order valence-corrected chi connectivity index (χ3v) is 11.2. The highest BCUT2D eigenvalue weighted by atomic mass is 16.7. The van der Waals surface area contributed by atoms with Gasteiger partial charge in [0.25, 0.3) is 0 Å². The van der Waals surface area contributed by atoms with Crippen LogP contribution in [0.5, 0.6) is 0 Å². The van der Waals surface area contributed by atoms with Gasteiger partial charge in [-0.15, -0.1) is 0 Å². The molecule has 3 saturated carbocycles. The van der Waals surface area contributed by atoms with Gasteiger partial charge >= 0.3 is 5.97 Å². The van der Waals surface area contributed by atoms with Gasteiger partial charge in [-0.3, -0.25) is 9.59 Å². The number of carbonyl (C=O) groups excluding carboxylic acids is 2. The van der Waals surface area contributed by atoms with Crippen LogP contribution in [-0.4, -0.2) is 53.5 Å². The molecular weight excluding hydrogens is 436 g/mol. The topological polar surface area (TPSA) is 98.5 Å². The summed E-state index contributed by atoms with van der Waals surface area (Å²) >= 11 is 0. The van der Waals surface area contributed by atoms with Gasteiger partial charge in [0.1, 0.15) is 17.0 Å². The molecule has 10 atom stereocenters. The quantitative estimate of drug-likeness (QED) is 0.530. The number of carbonyl (C=O) groups is 2. The molecule has 186 valence electrons. The molecule has 34 heavy (non-hydrogen) atoms. The van der Waals surface area contributed by atoms with E-state index in [9.17, 15) is 14.7 Å². The van der Waals surface area contributed by atoms with Gasteiger partial charge < -0.3 is 23.7 Å². The third-order valence-electron chi connectivity index (χ3n) is 11.2. The Kier molecular flexibility index (Phi) is 4.37. The van der Waals surface area contributed by atoms with Crippen molar-refractivity contribution in [1.29, 1.82) is 0 Å². The number of rotatable bonds is 3. The lowest BCUT2D eigenvalue weighted by molar-refractivity contribution is -0.159. The highest BCUT2D eigenvalue weighted by Gasteiger charge is 2.90. The molecule has 3 heterocycles. The minimum atomic E-state index is -0.690. The number of esters is 1. The number of ether oxygens (including phenoxy) is 3. The largest absolute Gasteiger partial charge is 0.472 e. The summed E-state index contributed by atoms with van der Waals surface area (Å²) in [5.41, 5.74) is -1.72. The van der Waals surface area contributed by atoms with E-state index in [4.69, 9.17) is 18.6 Å². The molecule has 6 rings (SSSR count). The predicted molar refractivity (Wildman–Crippen MR) is 121 cm³/mol. The number of Topliss-reactive ketones (excluding diaryl/α,β-unsaturated/α-hetero) is 1. The molecule has 1 spiro atoms. The maximum Gasteiger partial charge on any atom is 0.305 e. The molecule has 2 aliphatic heterocycles. The molecule has 0 bridgehead atoms. The Hall–Kier alpha value is -1.70. The van der Waals surface area contributed by atoms with Crippen LogP contribution in [0.1, 0.15) is 71.8 Å². The first-order valence-corrected chi connectivity index (χ1v) is 12.5. The molecule has 3 aliphatic carbocycles. The predicted octanol–water partition coefficient (Wildman–Crippen LogP) is 3.63. The third kappa shape index (κ3) is 2.30. The number of hydrogen-bond donors (Lipinski definition) is 1. The summed E-state index contributed by atoms with van der Waals surface area (Å²) in [6, 6.07) is 1.98. The van der Waals surface area contributed by atoms with E-state index in [1.165, 1.54) is 7.11 Å². The van der Waals surface area contributed by atoms with Crippen LogP contribution in [0.15, 0.2) is 23.0 Å². The Bertz CT molecular complexity index is 1050. The molecule has 7 heteroatoms. The number of furan rings is 1. The molecule has 1 aromatic rings. The van der Waals surface area contributed by atoms with Crippen LogP contribution in [0.3, 0.4) is 0 Å². The maximum atomic E-state index is 13.3. The fraction of sp³-hybridized carbons (Fsp3) is 0.778. The van der Waals surface area contributed by atoms with Gasteiger partial charge in [-0.05, 0) is 43.2 Å². The molecule has 5 fully saturated rings. The van der Waals surface area contributed by atoms with Crippen molar-refractivity contribution >= 4 is 11.8 Å². The van der Waals surface area contributed by atoms with E-state index in [0.717, 1.165) is 12.0 Å². The lowest BCUT2D eigenvalue weighted by Gasteiger charge is -2.55. The average Bonchev–Trinajstić information content (AvgIpc) is 3.06. The second kappa shape index (κ2) is 6.54. The Morgan fingerprint density at radius 2 is 1.97 bits per heavy atom.